The number of nitrogens with zero attached hydrogens (tertiary/aromatic N) is 2. The predicted molar refractivity (Wildman–Crippen MR) is 104 cm³/mol. The first kappa shape index (κ1) is 18.6. The molecule has 2 saturated heterocycles. The lowest BCUT2D eigenvalue weighted by atomic mass is 10.0. The largest absolute Gasteiger partial charge is 0.344 e. The molecule has 26 heavy (non-hydrogen) atoms. The van der Waals surface area contributed by atoms with E-state index in [9.17, 15) is 9.59 Å². The molecule has 3 rings (SSSR count). The molecule has 2 aliphatic heterocycles. The van der Waals surface area contributed by atoms with Crippen LogP contribution in [0.25, 0.3) is 5.57 Å². The molecule has 1 aromatic carbocycles. The maximum absolute atomic E-state index is 12.6. The van der Waals surface area contributed by atoms with Crippen LogP contribution in [-0.4, -0.2) is 60.4 Å². The van der Waals surface area contributed by atoms with Crippen molar-refractivity contribution in [1.82, 2.24) is 15.1 Å². The first-order valence-electron chi connectivity index (χ1n) is 9.72. The standard InChI is InChI=1S/C21H29N3O2/c1-2-7-18(17-8-4-3-5-9-17)16-23-12-6-13-24(15-14-23)21(26)19-10-11-20(25)22-19/h3-5,7-9,19H,2,6,10-16H2,1H3,(H,22,25). The van der Waals surface area contributed by atoms with E-state index in [4.69, 9.17) is 0 Å². The lowest BCUT2D eigenvalue weighted by Gasteiger charge is -2.25. The molecule has 0 aromatic heterocycles. The van der Waals surface area contributed by atoms with Crippen LogP contribution in [0.3, 0.4) is 0 Å². The van der Waals surface area contributed by atoms with Crippen molar-refractivity contribution in [3.8, 4) is 0 Å². The molecular formula is C21H29N3O2. The van der Waals surface area contributed by atoms with Crippen LogP contribution >= 0.6 is 0 Å². The average molecular weight is 355 g/mol. The van der Waals surface area contributed by atoms with E-state index in [2.05, 4.69) is 47.5 Å². The molecule has 1 atom stereocenters. The van der Waals surface area contributed by atoms with Crippen molar-refractivity contribution in [1.29, 1.82) is 0 Å². The Kier molecular flexibility index (Phi) is 6.45. The van der Waals surface area contributed by atoms with Crippen LogP contribution in [0.15, 0.2) is 36.4 Å². The van der Waals surface area contributed by atoms with Gasteiger partial charge in [-0.2, -0.15) is 0 Å². The summed E-state index contributed by atoms with van der Waals surface area (Å²) >= 11 is 0. The van der Waals surface area contributed by atoms with Crippen molar-refractivity contribution in [2.24, 2.45) is 0 Å². The SMILES string of the molecule is CCC=C(CN1CCCN(C(=O)C2CCC(=O)N2)CC1)c1ccccc1. The summed E-state index contributed by atoms with van der Waals surface area (Å²) in [6.45, 7) is 6.47. The Balaban J connectivity index is 1.58. The highest BCUT2D eigenvalue weighted by molar-refractivity contribution is 5.90. The van der Waals surface area contributed by atoms with Gasteiger partial charge in [-0.3, -0.25) is 14.5 Å². The minimum Gasteiger partial charge on any atom is -0.344 e. The number of carbonyl (C=O) groups is 2. The lowest BCUT2D eigenvalue weighted by Crippen LogP contribution is -2.45. The first-order chi connectivity index (χ1) is 12.7. The van der Waals surface area contributed by atoms with Gasteiger partial charge in [0.25, 0.3) is 0 Å². The van der Waals surface area contributed by atoms with E-state index in [0.717, 1.165) is 45.6 Å². The maximum atomic E-state index is 12.6. The van der Waals surface area contributed by atoms with E-state index in [-0.39, 0.29) is 17.9 Å². The van der Waals surface area contributed by atoms with Crippen molar-refractivity contribution in [2.75, 3.05) is 32.7 Å². The van der Waals surface area contributed by atoms with Gasteiger partial charge >= 0.3 is 0 Å². The number of nitrogens with one attached hydrogen (secondary N) is 1. The van der Waals surface area contributed by atoms with E-state index in [1.54, 1.807) is 0 Å². The highest BCUT2D eigenvalue weighted by Crippen LogP contribution is 2.18. The fourth-order valence-electron chi connectivity index (χ4n) is 3.78. The molecule has 0 radical (unpaired) electrons. The van der Waals surface area contributed by atoms with Crippen LogP contribution in [0.4, 0.5) is 0 Å². The summed E-state index contributed by atoms with van der Waals surface area (Å²) in [7, 11) is 0. The molecule has 0 saturated carbocycles. The normalized spacial score (nSPS) is 22.2. The second-order valence-corrected chi connectivity index (χ2v) is 7.12. The van der Waals surface area contributed by atoms with Gasteiger partial charge in [0.15, 0.2) is 0 Å². The van der Waals surface area contributed by atoms with Gasteiger partial charge < -0.3 is 10.2 Å². The molecule has 2 amide bonds. The number of benzene rings is 1. The Hall–Kier alpha value is -2.14. The summed E-state index contributed by atoms with van der Waals surface area (Å²) in [4.78, 5) is 28.4. The maximum Gasteiger partial charge on any atom is 0.245 e. The van der Waals surface area contributed by atoms with Crippen LogP contribution in [0.2, 0.25) is 0 Å². The van der Waals surface area contributed by atoms with Gasteiger partial charge in [0.05, 0.1) is 0 Å². The van der Waals surface area contributed by atoms with Crippen molar-refractivity contribution in [3.63, 3.8) is 0 Å². The number of carbonyl (C=O) groups excluding carboxylic acids is 2. The number of amides is 2. The second-order valence-electron chi connectivity index (χ2n) is 7.12. The Labute approximate surface area is 156 Å². The first-order valence-corrected chi connectivity index (χ1v) is 9.72. The van der Waals surface area contributed by atoms with E-state index in [1.165, 1.54) is 11.1 Å². The van der Waals surface area contributed by atoms with Crippen LogP contribution in [0, 0.1) is 0 Å². The van der Waals surface area contributed by atoms with E-state index < -0.39 is 0 Å². The third kappa shape index (κ3) is 4.73. The highest BCUT2D eigenvalue weighted by Gasteiger charge is 2.31. The van der Waals surface area contributed by atoms with Crippen molar-refractivity contribution in [3.05, 3.63) is 42.0 Å². The number of allylic oxidation sites excluding steroid dienone is 1. The minimum absolute atomic E-state index is 0.00277. The van der Waals surface area contributed by atoms with Gasteiger partial charge in [0, 0.05) is 39.1 Å². The van der Waals surface area contributed by atoms with Crippen molar-refractivity contribution < 1.29 is 9.59 Å². The van der Waals surface area contributed by atoms with E-state index >= 15 is 0 Å². The topological polar surface area (TPSA) is 52.7 Å². The van der Waals surface area contributed by atoms with Crippen LogP contribution < -0.4 is 5.32 Å². The Morgan fingerprint density at radius 1 is 1.19 bits per heavy atom. The van der Waals surface area contributed by atoms with Crippen LogP contribution in [-0.2, 0) is 9.59 Å². The number of hydrogen-bond acceptors (Lipinski definition) is 3. The molecule has 5 heteroatoms. The van der Waals surface area contributed by atoms with Crippen LogP contribution in [0.5, 0.6) is 0 Å². The number of rotatable bonds is 5. The summed E-state index contributed by atoms with van der Waals surface area (Å²) in [5.41, 5.74) is 2.64. The molecule has 1 N–H and O–H groups in total. The smallest absolute Gasteiger partial charge is 0.245 e. The van der Waals surface area contributed by atoms with Crippen molar-refractivity contribution in [2.45, 2.75) is 38.6 Å². The lowest BCUT2D eigenvalue weighted by molar-refractivity contribution is -0.134. The Bertz CT molecular complexity index is 656. The molecule has 2 heterocycles. The molecule has 5 nitrogen and oxygen atoms in total. The van der Waals surface area contributed by atoms with Crippen LogP contribution in [0.1, 0.15) is 38.2 Å². The fraction of sp³-hybridized carbons (Fsp3) is 0.524. The average Bonchev–Trinajstić information content (AvgIpc) is 2.96. The van der Waals surface area contributed by atoms with Gasteiger partial charge in [0.2, 0.25) is 11.8 Å². The summed E-state index contributed by atoms with van der Waals surface area (Å²) < 4.78 is 0. The third-order valence-corrected chi connectivity index (χ3v) is 5.18. The Morgan fingerprint density at radius 2 is 2.00 bits per heavy atom. The molecule has 0 bridgehead atoms. The van der Waals surface area contributed by atoms with E-state index in [0.29, 0.717) is 12.8 Å². The van der Waals surface area contributed by atoms with Gasteiger partial charge in [-0.15, -0.1) is 0 Å². The Morgan fingerprint density at radius 3 is 2.69 bits per heavy atom. The van der Waals surface area contributed by atoms with Gasteiger partial charge in [-0.05, 0) is 30.4 Å². The number of hydrogen-bond donors (Lipinski definition) is 1. The van der Waals surface area contributed by atoms with Gasteiger partial charge in [0.1, 0.15) is 6.04 Å². The predicted octanol–water partition coefficient (Wildman–Crippen LogP) is 2.29. The molecule has 140 valence electrons. The molecule has 2 fully saturated rings. The zero-order valence-electron chi connectivity index (χ0n) is 15.6. The van der Waals surface area contributed by atoms with Gasteiger partial charge in [-0.1, -0.05) is 43.3 Å². The summed E-state index contributed by atoms with van der Waals surface area (Å²) in [6, 6.07) is 10.2. The summed E-state index contributed by atoms with van der Waals surface area (Å²) in [5.74, 6) is 0.0853. The molecule has 0 spiro atoms. The second kappa shape index (κ2) is 8.99. The minimum atomic E-state index is -0.311. The molecule has 2 aliphatic rings. The quantitative estimate of drug-likeness (QED) is 0.882. The molecule has 1 unspecified atom stereocenters. The van der Waals surface area contributed by atoms with E-state index in [1.807, 2.05) is 11.0 Å². The fourth-order valence-corrected chi connectivity index (χ4v) is 3.78. The van der Waals surface area contributed by atoms with Crippen molar-refractivity contribution >= 4 is 17.4 Å². The molecule has 0 aliphatic carbocycles. The summed E-state index contributed by atoms with van der Waals surface area (Å²) in [6.07, 6.45) is 5.40. The van der Waals surface area contributed by atoms with Gasteiger partial charge in [-0.25, -0.2) is 0 Å². The zero-order chi connectivity index (χ0) is 18.4. The molecule has 1 aromatic rings. The highest BCUT2D eigenvalue weighted by atomic mass is 16.2. The third-order valence-electron chi connectivity index (χ3n) is 5.18. The summed E-state index contributed by atoms with van der Waals surface area (Å²) in [5, 5.41) is 2.80. The zero-order valence-corrected chi connectivity index (χ0v) is 15.6. The molecular weight excluding hydrogens is 326 g/mol. The monoisotopic (exact) mass is 355 g/mol.